The van der Waals surface area contributed by atoms with Crippen molar-refractivity contribution in [3.63, 3.8) is 0 Å². The zero-order valence-corrected chi connectivity index (χ0v) is 7.80. The summed E-state index contributed by atoms with van der Waals surface area (Å²) in [4.78, 5) is 21.0. The third-order valence-corrected chi connectivity index (χ3v) is 1.82. The molecule has 0 unspecified atom stereocenters. The minimum absolute atomic E-state index is 0.442. The summed E-state index contributed by atoms with van der Waals surface area (Å²) in [5.41, 5.74) is 9.59. The van der Waals surface area contributed by atoms with Crippen LogP contribution in [-0.2, 0) is 19.6 Å². The van der Waals surface area contributed by atoms with Crippen LogP contribution in [0.25, 0.3) is 0 Å². The Morgan fingerprint density at radius 3 is 2.08 bits per heavy atom. The van der Waals surface area contributed by atoms with E-state index >= 15 is 0 Å². The Morgan fingerprint density at radius 2 is 1.85 bits per heavy atom. The van der Waals surface area contributed by atoms with E-state index in [0.29, 0.717) is 0 Å². The number of nitrogens with two attached hydrogens (primary N) is 2. The summed E-state index contributed by atoms with van der Waals surface area (Å²) in [7, 11) is -3.57. The van der Waals surface area contributed by atoms with Gasteiger partial charge in [0.1, 0.15) is 6.04 Å². The van der Waals surface area contributed by atoms with Crippen LogP contribution in [0.2, 0.25) is 0 Å². The van der Waals surface area contributed by atoms with Gasteiger partial charge in [0.25, 0.3) is 0 Å². The first-order valence-corrected chi connectivity index (χ1v) is 5.16. The smallest absolute Gasteiger partial charge is 0.236 e. The molecular weight excluding hydrogens is 198 g/mol. The third kappa shape index (κ3) is 6.05. The van der Waals surface area contributed by atoms with Crippen LogP contribution in [0.1, 0.15) is 6.42 Å². The fourth-order valence-corrected chi connectivity index (χ4v) is 1.38. The molecule has 7 nitrogen and oxygen atoms in total. The number of carbonyl (C=O) groups excluding carboxylic acids is 2. The topological polar surface area (TPSA) is 132 Å². The highest BCUT2D eigenvalue weighted by Crippen LogP contribution is 1.92. The molecule has 0 bridgehead atoms. The van der Waals surface area contributed by atoms with Crippen molar-refractivity contribution in [3.05, 3.63) is 0 Å². The minimum atomic E-state index is -3.57. The van der Waals surface area contributed by atoms with E-state index in [2.05, 4.69) is 0 Å². The van der Waals surface area contributed by atoms with Crippen LogP contribution in [-0.4, -0.2) is 32.5 Å². The average Bonchev–Trinajstić information content (AvgIpc) is 1.81. The van der Waals surface area contributed by atoms with Crippen molar-refractivity contribution in [2.75, 3.05) is 6.26 Å². The van der Waals surface area contributed by atoms with Crippen molar-refractivity contribution >= 4 is 21.8 Å². The van der Waals surface area contributed by atoms with Gasteiger partial charge >= 0.3 is 0 Å². The molecule has 0 radical (unpaired) electrons. The maximum absolute atomic E-state index is 10.7. The highest BCUT2D eigenvalue weighted by molar-refractivity contribution is 7.88. The monoisotopic (exact) mass is 209 g/mol. The molecule has 0 saturated carbocycles. The number of rotatable bonds is 5. The normalized spacial score (nSPS) is 13.6. The van der Waals surface area contributed by atoms with Gasteiger partial charge in [-0.15, -0.1) is 0 Å². The molecule has 5 N–H and O–H groups in total. The molecular formula is C5H11N3O4S. The lowest BCUT2D eigenvalue weighted by Gasteiger charge is -2.11. The number of sulfonamides is 1. The maximum atomic E-state index is 10.7. The van der Waals surface area contributed by atoms with Gasteiger partial charge in [0.15, 0.2) is 0 Å². The molecule has 0 fully saturated rings. The molecule has 2 amide bonds. The van der Waals surface area contributed by atoms with E-state index in [4.69, 9.17) is 11.5 Å². The van der Waals surface area contributed by atoms with E-state index in [1.54, 1.807) is 0 Å². The number of primary amides is 2. The van der Waals surface area contributed by atoms with E-state index in [1.807, 2.05) is 4.72 Å². The van der Waals surface area contributed by atoms with Gasteiger partial charge in [-0.05, 0) is 0 Å². The fourth-order valence-electron chi connectivity index (χ4n) is 0.660. The van der Waals surface area contributed by atoms with E-state index < -0.39 is 34.3 Å². The van der Waals surface area contributed by atoms with Crippen molar-refractivity contribution in [2.45, 2.75) is 12.5 Å². The Balaban J connectivity index is 4.45. The Labute approximate surface area is 75.5 Å². The molecule has 0 spiro atoms. The second-order valence-electron chi connectivity index (χ2n) is 2.52. The molecule has 13 heavy (non-hydrogen) atoms. The first-order chi connectivity index (χ1) is 5.72. The highest BCUT2D eigenvalue weighted by Gasteiger charge is 2.21. The predicted octanol–water partition coefficient (Wildman–Crippen LogP) is -2.74. The third-order valence-electron chi connectivity index (χ3n) is 1.11. The minimum Gasteiger partial charge on any atom is -0.370 e. The molecule has 0 aliphatic heterocycles. The van der Waals surface area contributed by atoms with Crippen LogP contribution >= 0.6 is 0 Å². The van der Waals surface area contributed by atoms with Crippen LogP contribution in [0.4, 0.5) is 0 Å². The van der Waals surface area contributed by atoms with Gasteiger partial charge < -0.3 is 11.5 Å². The van der Waals surface area contributed by atoms with Crippen molar-refractivity contribution in [2.24, 2.45) is 11.5 Å². The SMILES string of the molecule is CS(=O)(=O)N[C@@H](CC(N)=O)C(N)=O. The zero-order valence-electron chi connectivity index (χ0n) is 6.98. The predicted molar refractivity (Wildman–Crippen MR) is 44.8 cm³/mol. The summed E-state index contributed by atoms with van der Waals surface area (Å²) in [6.07, 6.45) is 0.409. The number of hydrogen-bond acceptors (Lipinski definition) is 4. The van der Waals surface area contributed by atoms with Crippen molar-refractivity contribution in [1.82, 2.24) is 4.72 Å². The van der Waals surface area contributed by atoms with Crippen molar-refractivity contribution in [1.29, 1.82) is 0 Å². The van der Waals surface area contributed by atoms with Crippen molar-refractivity contribution < 1.29 is 18.0 Å². The lowest BCUT2D eigenvalue weighted by atomic mass is 10.2. The van der Waals surface area contributed by atoms with Gasteiger partial charge in [0, 0.05) is 0 Å². The fraction of sp³-hybridized carbons (Fsp3) is 0.600. The van der Waals surface area contributed by atoms with Crippen LogP contribution in [0.15, 0.2) is 0 Å². The van der Waals surface area contributed by atoms with E-state index in [0.717, 1.165) is 6.26 Å². The number of hydrogen-bond donors (Lipinski definition) is 3. The van der Waals surface area contributed by atoms with E-state index in [1.165, 1.54) is 0 Å². The summed E-state index contributed by atoms with van der Waals surface area (Å²) in [6, 6.07) is -1.27. The quantitative estimate of drug-likeness (QED) is 0.453. The zero-order chi connectivity index (χ0) is 10.6. The maximum Gasteiger partial charge on any atom is 0.236 e. The molecule has 0 aromatic rings. The van der Waals surface area contributed by atoms with Crippen LogP contribution in [0.5, 0.6) is 0 Å². The number of carbonyl (C=O) groups is 2. The van der Waals surface area contributed by atoms with Crippen LogP contribution < -0.4 is 16.2 Å². The molecule has 0 heterocycles. The summed E-state index contributed by atoms with van der Waals surface area (Å²) >= 11 is 0. The molecule has 0 aromatic carbocycles. The van der Waals surface area contributed by atoms with Crippen molar-refractivity contribution in [3.8, 4) is 0 Å². The molecule has 0 aliphatic carbocycles. The summed E-state index contributed by atoms with van der Waals surface area (Å²) in [5.74, 6) is -1.75. The number of nitrogens with one attached hydrogen (secondary N) is 1. The van der Waals surface area contributed by atoms with Gasteiger partial charge in [0.2, 0.25) is 21.8 Å². The van der Waals surface area contributed by atoms with Gasteiger partial charge in [-0.3, -0.25) is 9.59 Å². The molecule has 76 valence electrons. The molecule has 1 atom stereocenters. The van der Waals surface area contributed by atoms with Gasteiger partial charge in [-0.25, -0.2) is 13.1 Å². The lowest BCUT2D eigenvalue weighted by Crippen LogP contribution is -2.46. The first kappa shape index (κ1) is 11.8. The lowest BCUT2D eigenvalue weighted by molar-refractivity contribution is -0.124. The van der Waals surface area contributed by atoms with E-state index in [9.17, 15) is 18.0 Å². The van der Waals surface area contributed by atoms with Gasteiger partial charge in [-0.2, -0.15) is 0 Å². The second kappa shape index (κ2) is 4.19. The van der Waals surface area contributed by atoms with Crippen LogP contribution in [0, 0.1) is 0 Å². The molecule has 0 saturated heterocycles. The average molecular weight is 209 g/mol. The Morgan fingerprint density at radius 1 is 1.38 bits per heavy atom. The molecule has 0 aliphatic rings. The molecule has 0 aromatic heterocycles. The molecule has 8 heteroatoms. The molecule has 0 rings (SSSR count). The standard InChI is InChI=1S/C5H11N3O4S/c1-13(11,12)8-3(5(7)10)2-4(6)9/h3,8H,2H2,1H3,(H2,6,9)(H2,7,10)/t3-/m0/s1. The second-order valence-corrected chi connectivity index (χ2v) is 4.30. The largest absolute Gasteiger partial charge is 0.370 e. The summed E-state index contributed by atoms with van der Waals surface area (Å²) in [6.45, 7) is 0. The first-order valence-electron chi connectivity index (χ1n) is 3.27. The Hall–Kier alpha value is -1.15. The Kier molecular flexibility index (Phi) is 3.82. The van der Waals surface area contributed by atoms with Gasteiger partial charge in [0.05, 0.1) is 12.7 Å². The van der Waals surface area contributed by atoms with Crippen LogP contribution in [0.3, 0.4) is 0 Å². The highest BCUT2D eigenvalue weighted by atomic mass is 32.2. The van der Waals surface area contributed by atoms with Gasteiger partial charge in [-0.1, -0.05) is 0 Å². The Bertz CT molecular complexity index is 310. The van der Waals surface area contributed by atoms with E-state index in [-0.39, 0.29) is 0 Å². The number of amides is 2. The summed E-state index contributed by atoms with van der Waals surface area (Å²) in [5, 5.41) is 0. The summed E-state index contributed by atoms with van der Waals surface area (Å²) < 4.78 is 23.2.